The van der Waals surface area contributed by atoms with Crippen molar-refractivity contribution in [1.82, 2.24) is 0 Å². The Hall–Kier alpha value is -4.07. The number of methoxy groups -OCH3 is 3. The van der Waals surface area contributed by atoms with E-state index >= 15 is 0 Å². The number of esters is 1. The minimum Gasteiger partial charge on any atom is -0.504 e. The molecule has 3 aromatic rings. The van der Waals surface area contributed by atoms with Gasteiger partial charge in [-0.25, -0.2) is 4.79 Å². The van der Waals surface area contributed by atoms with Crippen LogP contribution in [0.5, 0.6) is 34.5 Å². The number of hydrogen-bond donors (Lipinski definition) is 1. The average molecular weight is 507 g/mol. The molecule has 0 bridgehead atoms. The van der Waals surface area contributed by atoms with Gasteiger partial charge >= 0.3 is 5.97 Å². The molecule has 1 aliphatic carbocycles. The molecule has 194 valence electrons. The minimum atomic E-state index is -0.665. The van der Waals surface area contributed by atoms with Crippen molar-refractivity contribution in [2.75, 3.05) is 28.1 Å². The van der Waals surface area contributed by atoms with E-state index in [1.807, 2.05) is 18.2 Å². The van der Waals surface area contributed by atoms with Crippen molar-refractivity contribution < 1.29 is 38.3 Å². The van der Waals surface area contributed by atoms with Crippen LogP contribution in [0.4, 0.5) is 0 Å². The van der Waals surface area contributed by atoms with Gasteiger partial charge in [0.1, 0.15) is 6.10 Å². The Labute approximate surface area is 215 Å². The molecule has 0 saturated carbocycles. The van der Waals surface area contributed by atoms with E-state index in [9.17, 15) is 9.90 Å². The normalized spacial score (nSPS) is 19.6. The maximum Gasteiger partial charge on any atom is 0.338 e. The summed E-state index contributed by atoms with van der Waals surface area (Å²) in [6.07, 6.45) is -0.0809. The van der Waals surface area contributed by atoms with E-state index < -0.39 is 12.1 Å². The number of carbonyl (C=O) groups excluding carboxylic acids is 1. The average Bonchev–Trinajstić information content (AvgIpc) is 3.38. The Balaban J connectivity index is 1.80. The maximum absolute atomic E-state index is 13.3. The van der Waals surface area contributed by atoms with Crippen LogP contribution < -0.4 is 23.7 Å². The molecule has 8 heteroatoms. The predicted octanol–water partition coefficient (Wildman–Crippen LogP) is 5.54. The number of benzene rings is 3. The molecule has 0 radical (unpaired) electrons. The lowest BCUT2D eigenvalue weighted by Crippen LogP contribution is -2.26. The van der Waals surface area contributed by atoms with Gasteiger partial charge in [-0.15, -0.1) is 0 Å². The summed E-state index contributed by atoms with van der Waals surface area (Å²) in [7, 11) is 4.54. The van der Waals surface area contributed by atoms with Crippen LogP contribution in [0, 0.1) is 11.8 Å². The number of phenolic OH excluding ortho intramolecular Hbond substituents is 1. The van der Waals surface area contributed by atoms with Gasteiger partial charge in [-0.2, -0.15) is 0 Å². The van der Waals surface area contributed by atoms with Gasteiger partial charge in [0.2, 0.25) is 18.3 Å². The molecule has 37 heavy (non-hydrogen) atoms. The standard InChI is InChI=1S/C29H30O8/c1-15-11-18-12-20(32-3)26(33-4)24(30)22(18)23-19(13-21-27(28(23)34-5)36-14-35-21)25(16(15)2)37-29(31)17-9-7-6-8-10-17/h6-10,12-13,15-16,25,30H,11,14H2,1-5H3/t15-,16+,25+/m0/s1. The van der Waals surface area contributed by atoms with Gasteiger partial charge in [0, 0.05) is 22.6 Å². The number of fused-ring (bicyclic) bond motifs is 4. The molecular formula is C29H30O8. The van der Waals surface area contributed by atoms with E-state index in [4.69, 9.17) is 28.4 Å². The third-order valence-corrected chi connectivity index (χ3v) is 7.30. The predicted molar refractivity (Wildman–Crippen MR) is 136 cm³/mol. The Morgan fingerprint density at radius 2 is 1.68 bits per heavy atom. The molecule has 0 saturated heterocycles. The fourth-order valence-electron chi connectivity index (χ4n) is 5.22. The number of carbonyl (C=O) groups is 1. The molecular weight excluding hydrogens is 476 g/mol. The molecule has 2 aliphatic rings. The summed E-state index contributed by atoms with van der Waals surface area (Å²) in [4.78, 5) is 13.3. The highest BCUT2D eigenvalue weighted by Crippen LogP contribution is 2.58. The van der Waals surface area contributed by atoms with Gasteiger partial charge in [0.05, 0.1) is 26.9 Å². The maximum atomic E-state index is 13.3. The number of ether oxygens (including phenoxy) is 6. The largest absolute Gasteiger partial charge is 0.504 e. The SMILES string of the molecule is COc1cc2c(c(O)c1OC)-c1c(cc3c(c1OC)OCO3)[C@H](OC(=O)c1ccccc1)[C@H](C)[C@@H](C)C2. The number of phenols is 1. The number of aromatic hydroxyl groups is 1. The van der Waals surface area contributed by atoms with Crippen LogP contribution in [0.2, 0.25) is 0 Å². The highest BCUT2D eigenvalue weighted by molar-refractivity contribution is 5.91. The molecule has 1 heterocycles. The van der Waals surface area contributed by atoms with E-state index in [-0.39, 0.29) is 30.1 Å². The van der Waals surface area contributed by atoms with Crippen molar-refractivity contribution in [1.29, 1.82) is 0 Å². The van der Waals surface area contributed by atoms with Crippen LogP contribution in [0.25, 0.3) is 11.1 Å². The summed E-state index contributed by atoms with van der Waals surface area (Å²) < 4.78 is 34.6. The Morgan fingerprint density at radius 1 is 0.946 bits per heavy atom. The van der Waals surface area contributed by atoms with Gasteiger partial charge in [-0.3, -0.25) is 0 Å². The van der Waals surface area contributed by atoms with Crippen molar-refractivity contribution in [2.24, 2.45) is 11.8 Å². The lowest BCUT2D eigenvalue weighted by atomic mass is 9.76. The quantitative estimate of drug-likeness (QED) is 0.451. The minimum absolute atomic E-state index is 0.0276. The zero-order valence-electron chi connectivity index (χ0n) is 21.5. The summed E-state index contributed by atoms with van der Waals surface area (Å²) in [5.41, 5.74) is 3.02. The molecule has 0 aromatic heterocycles. The summed E-state index contributed by atoms with van der Waals surface area (Å²) in [6, 6.07) is 12.6. The molecule has 0 amide bonds. The zero-order valence-corrected chi connectivity index (χ0v) is 21.5. The summed E-state index contributed by atoms with van der Waals surface area (Å²) in [5, 5.41) is 11.5. The first-order valence-corrected chi connectivity index (χ1v) is 12.1. The second kappa shape index (κ2) is 9.76. The highest BCUT2D eigenvalue weighted by Gasteiger charge is 2.39. The van der Waals surface area contributed by atoms with Gasteiger partial charge in [0.15, 0.2) is 23.0 Å². The number of hydrogen-bond acceptors (Lipinski definition) is 8. The monoisotopic (exact) mass is 506 g/mol. The molecule has 1 aliphatic heterocycles. The summed E-state index contributed by atoms with van der Waals surface area (Å²) in [5.74, 6) is 1.35. The van der Waals surface area contributed by atoms with Crippen molar-refractivity contribution in [3.63, 3.8) is 0 Å². The molecule has 0 fully saturated rings. The van der Waals surface area contributed by atoms with E-state index in [2.05, 4.69) is 13.8 Å². The smallest absolute Gasteiger partial charge is 0.338 e. The molecule has 5 rings (SSSR count). The Morgan fingerprint density at radius 3 is 2.35 bits per heavy atom. The molecule has 0 unspecified atom stereocenters. The van der Waals surface area contributed by atoms with E-state index in [0.29, 0.717) is 51.7 Å². The van der Waals surface area contributed by atoms with Crippen molar-refractivity contribution in [3.8, 4) is 45.6 Å². The second-order valence-electron chi connectivity index (χ2n) is 9.34. The zero-order chi connectivity index (χ0) is 26.3. The number of rotatable bonds is 5. The topological polar surface area (TPSA) is 92.7 Å². The van der Waals surface area contributed by atoms with Crippen molar-refractivity contribution in [3.05, 3.63) is 59.2 Å². The van der Waals surface area contributed by atoms with Crippen LogP contribution in [0.15, 0.2) is 42.5 Å². The fourth-order valence-corrected chi connectivity index (χ4v) is 5.22. The molecule has 3 atom stereocenters. The second-order valence-corrected chi connectivity index (χ2v) is 9.34. The summed E-state index contributed by atoms with van der Waals surface area (Å²) >= 11 is 0. The van der Waals surface area contributed by atoms with Crippen molar-refractivity contribution >= 4 is 5.97 Å². The Kier molecular flexibility index (Phi) is 6.50. The third-order valence-electron chi connectivity index (χ3n) is 7.30. The van der Waals surface area contributed by atoms with Crippen LogP contribution >= 0.6 is 0 Å². The molecule has 3 aromatic carbocycles. The third kappa shape index (κ3) is 4.06. The molecule has 0 spiro atoms. The van der Waals surface area contributed by atoms with Gasteiger partial charge in [0.25, 0.3) is 0 Å². The van der Waals surface area contributed by atoms with Crippen molar-refractivity contribution in [2.45, 2.75) is 26.4 Å². The first-order valence-electron chi connectivity index (χ1n) is 12.1. The first kappa shape index (κ1) is 24.6. The van der Waals surface area contributed by atoms with E-state index in [1.54, 1.807) is 24.3 Å². The van der Waals surface area contributed by atoms with Crippen LogP contribution in [-0.2, 0) is 11.2 Å². The summed E-state index contributed by atoms with van der Waals surface area (Å²) in [6.45, 7) is 4.18. The lowest BCUT2D eigenvalue weighted by molar-refractivity contribution is 0.00701. The van der Waals surface area contributed by atoms with Crippen LogP contribution in [0.3, 0.4) is 0 Å². The highest BCUT2D eigenvalue weighted by atomic mass is 16.7. The molecule has 8 nitrogen and oxygen atoms in total. The van der Waals surface area contributed by atoms with E-state index in [1.165, 1.54) is 21.3 Å². The van der Waals surface area contributed by atoms with Gasteiger partial charge in [-0.1, -0.05) is 32.0 Å². The van der Waals surface area contributed by atoms with Gasteiger partial charge < -0.3 is 33.5 Å². The van der Waals surface area contributed by atoms with Gasteiger partial charge in [-0.05, 0) is 42.2 Å². The van der Waals surface area contributed by atoms with Crippen LogP contribution in [-0.4, -0.2) is 39.2 Å². The lowest BCUT2D eigenvalue weighted by Gasteiger charge is -2.35. The Bertz CT molecular complexity index is 1330. The molecule has 1 N–H and O–H groups in total. The van der Waals surface area contributed by atoms with Crippen LogP contribution in [0.1, 0.15) is 41.4 Å². The first-order chi connectivity index (χ1) is 17.9. The van der Waals surface area contributed by atoms with E-state index in [0.717, 1.165) is 5.56 Å². The fraction of sp³-hybridized carbons (Fsp3) is 0.345.